The van der Waals surface area contributed by atoms with Gasteiger partial charge in [-0.05, 0) is 19.1 Å². The highest BCUT2D eigenvalue weighted by Gasteiger charge is 2.15. The van der Waals surface area contributed by atoms with Crippen LogP contribution in [0, 0.1) is 0 Å². The van der Waals surface area contributed by atoms with Crippen LogP contribution in [0.2, 0.25) is 0 Å². The smallest absolute Gasteiger partial charge is 0.310 e. The van der Waals surface area contributed by atoms with Gasteiger partial charge in [-0.2, -0.15) is 5.10 Å². The molecule has 0 saturated carbocycles. The number of rotatable bonds is 3. The molecule has 0 radical (unpaired) electrons. The second-order valence-corrected chi connectivity index (χ2v) is 4.38. The Labute approximate surface area is 109 Å². The van der Waals surface area contributed by atoms with E-state index in [0.29, 0.717) is 6.61 Å². The Hall–Kier alpha value is -2.30. The van der Waals surface area contributed by atoms with Crippen molar-refractivity contribution in [1.29, 1.82) is 0 Å². The fraction of sp³-hybridized carbons (Fsp3) is 0.286. The van der Waals surface area contributed by atoms with Crippen LogP contribution in [0.5, 0.6) is 0 Å². The van der Waals surface area contributed by atoms with Crippen molar-refractivity contribution in [2.24, 2.45) is 7.05 Å². The van der Waals surface area contributed by atoms with Crippen LogP contribution in [0.25, 0.3) is 21.9 Å². The van der Waals surface area contributed by atoms with E-state index in [4.69, 9.17) is 9.15 Å². The molecule has 5 heteroatoms. The zero-order chi connectivity index (χ0) is 13.4. The highest BCUT2D eigenvalue weighted by molar-refractivity contribution is 6.07. The van der Waals surface area contributed by atoms with Crippen molar-refractivity contribution in [1.82, 2.24) is 9.78 Å². The number of aryl methyl sites for hydroxylation is 1. The first kappa shape index (κ1) is 11.8. The summed E-state index contributed by atoms with van der Waals surface area (Å²) < 4.78 is 12.3. The van der Waals surface area contributed by atoms with Gasteiger partial charge in [0.05, 0.1) is 31.0 Å². The van der Waals surface area contributed by atoms with Crippen molar-refractivity contribution in [2.75, 3.05) is 6.61 Å². The number of hydrogen-bond acceptors (Lipinski definition) is 4. The average molecular weight is 258 g/mol. The molecule has 0 spiro atoms. The molecular weight excluding hydrogens is 244 g/mol. The Morgan fingerprint density at radius 2 is 2.32 bits per heavy atom. The molecular formula is C14H14N2O3. The van der Waals surface area contributed by atoms with Crippen LogP contribution in [0.3, 0.4) is 0 Å². The molecule has 0 bridgehead atoms. The van der Waals surface area contributed by atoms with Crippen LogP contribution in [0.4, 0.5) is 0 Å². The monoisotopic (exact) mass is 258 g/mol. The van der Waals surface area contributed by atoms with E-state index in [0.717, 1.165) is 27.4 Å². The van der Waals surface area contributed by atoms with E-state index in [1.165, 1.54) is 0 Å². The molecule has 98 valence electrons. The Kier molecular flexibility index (Phi) is 2.74. The van der Waals surface area contributed by atoms with Gasteiger partial charge < -0.3 is 9.15 Å². The Balaban J connectivity index is 2.15. The van der Waals surface area contributed by atoms with Gasteiger partial charge in [0, 0.05) is 23.4 Å². The Morgan fingerprint density at radius 1 is 1.47 bits per heavy atom. The van der Waals surface area contributed by atoms with Crippen LogP contribution in [0.1, 0.15) is 12.5 Å². The third kappa shape index (κ3) is 1.87. The molecule has 2 aromatic heterocycles. The summed E-state index contributed by atoms with van der Waals surface area (Å²) in [5.74, 6) is -0.244. The van der Waals surface area contributed by atoms with Gasteiger partial charge in [0.25, 0.3) is 0 Å². The van der Waals surface area contributed by atoms with E-state index >= 15 is 0 Å². The average Bonchev–Trinajstić information content (AvgIpc) is 2.94. The first-order chi connectivity index (χ1) is 9.20. The largest absolute Gasteiger partial charge is 0.466 e. The molecule has 2 heterocycles. The maximum atomic E-state index is 11.6. The predicted molar refractivity (Wildman–Crippen MR) is 70.8 cm³/mol. The lowest BCUT2D eigenvalue weighted by atomic mass is 10.1. The van der Waals surface area contributed by atoms with E-state index in [-0.39, 0.29) is 12.4 Å². The summed E-state index contributed by atoms with van der Waals surface area (Å²) in [6.07, 6.45) is 3.63. The molecule has 5 nitrogen and oxygen atoms in total. The molecule has 3 aromatic rings. The van der Waals surface area contributed by atoms with Crippen molar-refractivity contribution in [2.45, 2.75) is 13.3 Å². The van der Waals surface area contributed by atoms with Crippen LogP contribution in [-0.2, 0) is 23.0 Å². The molecule has 1 aromatic carbocycles. The van der Waals surface area contributed by atoms with Crippen molar-refractivity contribution < 1.29 is 13.9 Å². The fourth-order valence-electron chi connectivity index (χ4n) is 2.33. The summed E-state index contributed by atoms with van der Waals surface area (Å²) in [4.78, 5) is 11.6. The molecule has 0 N–H and O–H groups in total. The second kappa shape index (κ2) is 4.42. The van der Waals surface area contributed by atoms with Gasteiger partial charge >= 0.3 is 5.97 Å². The summed E-state index contributed by atoms with van der Waals surface area (Å²) >= 11 is 0. The third-order valence-corrected chi connectivity index (χ3v) is 3.18. The molecule has 0 unspecified atom stereocenters. The van der Waals surface area contributed by atoms with Crippen molar-refractivity contribution in [3.8, 4) is 0 Å². The van der Waals surface area contributed by atoms with E-state index in [2.05, 4.69) is 5.10 Å². The van der Waals surface area contributed by atoms with Gasteiger partial charge in [0.1, 0.15) is 5.58 Å². The molecule has 0 atom stereocenters. The fourth-order valence-corrected chi connectivity index (χ4v) is 2.33. The highest BCUT2D eigenvalue weighted by atomic mass is 16.5. The minimum atomic E-state index is -0.244. The number of fused-ring (bicyclic) bond motifs is 3. The number of carbonyl (C=O) groups excluding carboxylic acids is 1. The minimum Gasteiger partial charge on any atom is -0.466 e. The van der Waals surface area contributed by atoms with Crippen LogP contribution in [-0.4, -0.2) is 22.4 Å². The van der Waals surface area contributed by atoms with E-state index in [1.54, 1.807) is 24.1 Å². The number of nitrogens with zero attached hydrogens (tertiary/aromatic N) is 2. The van der Waals surface area contributed by atoms with E-state index in [1.807, 2.05) is 19.2 Å². The summed E-state index contributed by atoms with van der Waals surface area (Å²) in [7, 11) is 1.89. The van der Waals surface area contributed by atoms with Gasteiger partial charge in [-0.15, -0.1) is 0 Å². The molecule has 0 aliphatic heterocycles. The normalized spacial score (nSPS) is 11.3. The first-order valence-electron chi connectivity index (χ1n) is 6.17. The maximum absolute atomic E-state index is 11.6. The quantitative estimate of drug-likeness (QED) is 0.677. The van der Waals surface area contributed by atoms with Crippen LogP contribution in [0.15, 0.2) is 29.0 Å². The zero-order valence-electron chi connectivity index (χ0n) is 10.8. The Morgan fingerprint density at radius 3 is 3.11 bits per heavy atom. The zero-order valence-corrected chi connectivity index (χ0v) is 10.8. The molecule has 0 amide bonds. The van der Waals surface area contributed by atoms with Crippen LogP contribution >= 0.6 is 0 Å². The highest BCUT2D eigenvalue weighted by Crippen LogP contribution is 2.29. The third-order valence-electron chi connectivity index (χ3n) is 3.18. The summed E-state index contributed by atoms with van der Waals surface area (Å²) in [5, 5.41) is 6.18. The molecule has 0 aliphatic carbocycles. The molecule has 0 aliphatic rings. The van der Waals surface area contributed by atoms with Crippen molar-refractivity contribution >= 4 is 27.8 Å². The van der Waals surface area contributed by atoms with Crippen molar-refractivity contribution in [3.05, 3.63) is 30.2 Å². The molecule has 0 saturated heterocycles. The lowest BCUT2D eigenvalue weighted by molar-refractivity contribution is -0.142. The van der Waals surface area contributed by atoms with Gasteiger partial charge in [-0.25, -0.2) is 0 Å². The summed E-state index contributed by atoms with van der Waals surface area (Å²) in [6, 6.07) is 3.86. The number of aromatic nitrogens is 2. The molecule has 19 heavy (non-hydrogen) atoms. The first-order valence-corrected chi connectivity index (χ1v) is 6.17. The lowest BCUT2D eigenvalue weighted by Gasteiger charge is -2.00. The second-order valence-electron chi connectivity index (χ2n) is 4.38. The van der Waals surface area contributed by atoms with E-state index < -0.39 is 0 Å². The summed E-state index contributed by atoms with van der Waals surface area (Å²) in [5.41, 5.74) is 2.62. The number of ether oxygens (including phenoxy) is 1. The number of carbonyl (C=O) groups is 1. The van der Waals surface area contributed by atoms with Gasteiger partial charge in [-0.3, -0.25) is 9.48 Å². The maximum Gasteiger partial charge on any atom is 0.310 e. The topological polar surface area (TPSA) is 57.3 Å². The number of furan rings is 1. The van der Waals surface area contributed by atoms with Gasteiger partial charge in [0.15, 0.2) is 0 Å². The van der Waals surface area contributed by atoms with Crippen LogP contribution < -0.4 is 0 Å². The summed E-state index contributed by atoms with van der Waals surface area (Å²) in [6.45, 7) is 2.18. The van der Waals surface area contributed by atoms with Gasteiger partial charge in [0.2, 0.25) is 0 Å². The molecule has 3 rings (SSSR count). The number of hydrogen-bond donors (Lipinski definition) is 0. The predicted octanol–water partition coefficient (Wildman–Crippen LogP) is 2.43. The number of esters is 1. The van der Waals surface area contributed by atoms with E-state index in [9.17, 15) is 4.79 Å². The lowest BCUT2D eigenvalue weighted by Crippen LogP contribution is -2.06. The standard InChI is InChI=1S/C14H14N2O3/c1-3-18-13(17)6-9-8-19-12-5-4-11-10(14(9)12)7-15-16(11)2/h4-5,7-8H,3,6H2,1-2H3. The molecule has 0 fully saturated rings. The number of benzene rings is 1. The minimum absolute atomic E-state index is 0.217. The van der Waals surface area contributed by atoms with Crippen molar-refractivity contribution in [3.63, 3.8) is 0 Å². The van der Waals surface area contributed by atoms with Gasteiger partial charge in [-0.1, -0.05) is 0 Å². The Bertz CT molecular complexity index is 755. The SMILES string of the molecule is CCOC(=O)Cc1coc2ccc3c(cnn3C)c12.